The number of aromatic amines is 1. The Hall–Kier alpha value is -0.900. The van der Waals surface area contributed by atoms with Gasteiger partial charge in [0.25, 0.3) is 0 Å². The van der Waals surface area contributed by atoms with Gasteiger partial charge in [0.2, 0.25) is 0 Å². The summed E-state index contributed by atoms with van der Waals surface area (Å²) >= 11 is 1.77. The van der Waals surface area contributed by atoms with Crippen LogP contribution < -0.4 is 5.32 Å². The van der Waals surface area contributed by atoms with Crippen molar-refractivity contribution in [2.24, 2.45) is 0 Å². The molecule has 0 bridgehead atoms. The summed E-state index contributed by atoms with van der Waals surface area (Å²) in [5.74, 6) is 0.966. The molecule has 0 aliphatic carbocycles. The van der Waals surface area contributed by atoms with E-state index in [-0.39, 0.29) is 0 Å². The number of rotatable bonds is 1. The lowest BCUT2D eigenvalue weighted by Gasteiger charge is -1.99. The van der Waals surface area contributed by atoms with E-state index in [1.165, 1.54) is 5.56 Å². The van der Waals surface area contributed by atoms with Crippen molar-refractivity contribution in [3.05, 3.63) is 22.9 Å². The minimum atomic E-state index is 0.966. The summed E-state index contributed by atoms with van der Waals surface area (Å²) in [6, 6.07) is 0. The Morgan fingerprint density at radius 2 is 2.55 bits per heavy atom. The fourth-order valence-electron chi connectivity index (χ4n) is 1.05. The van der Waals surface area contributed by atoms with Crippen LogP contribution in [0.15, 0.2) is 11.6 Å². The normalized spacial score (nSPS) is 16.3. The van der Waals surface area contributed by atoms with Crippen molar-refractivity contribution in [1.82, 2.24) is 15.5 Å². The van der Waals surface area contributed by atoms with Crippen LogP contribution >= 0.6 is 11.8 Å². The van der Waals surface area contributed by atoms with Crippen molar-refractivity contribution >= 4 is 17.5 Å². The molecule has 0 spiro atoms. The van der Waals surface area contributed by atoms with E-state index >= 15 is 0 Å². The van der Waals surface area contributed by atoms with Crippen LogP contribution in [0.2, 0.25) is 0 Å². The van der Waals surface area contributed by atoms with Crippen molar-refractivity contribution in [1.29, 1.82) is 0 Å². The van der Waals surface area contributed by atoms with Gasteiger partial charge in [-0.2, -0.15) is 5.10 Å². The lowest BCUT2D eigenvalue weighted by Crippen LogP contribution is -2.06. The second-order valence-electron chi connectivity index (χ2n) is 2.45. The molecule has 0 amide bonds. The number of hydrogen-bond acceptors (Lipinski definition) is 3. The van der Waals surface area contributed by atoms with E-state index in [0.29, 0.717) is 0 Å². The largest absolute Gasteiger partial charge is 0.374 e. The molecule has 4 heteroatoms. The van der Waals surface area contributed by atoms with Crippen molar-refractivity contribution in [2.45, 2.75) is 6.92 Å². The zero-order valence-electron chi connectivity index (χ0n) is 6.22. The Morgan fingerprint density at radius 1 is 1.64 bits per heavy atom. The number of nitrogens with one attached hydrogen (secondary N) is 2. The molecule has 2 N–H and O–H groups in total. The van der Waals surface area contributed by atoms with E-state index in [1.807, 2.05) is 13.1 Å². The van der Waals surface area contributed by atoms with E-state index < -0.39 is 0 Å². The first-order chi connectivity index (χ1) is 5.38. The van der Waals surface area contributed by atoms with Gasteiger partial charge in [0.1, 0.15) is 0 Å². The quantitative estimate of drug-likeness (QED) is 0.662. The summed E-state index contributed by atoms with van der Waals surface area (Å²) in [7, 11) is 0. The molecule has 0 fully saturated rings. The Morgan fingerprint density at radius 3 is 3.09 bits per heavy atom. The number of H-pyrrole nitrogens is 1. The first-order valence-corrected chi connectivity index (χ1v) is 4.49. The van der Waals surface area contributed by atoms with Crippen molar-refractivity contribution in [3.8, 4) is 0 Å². The molecule has 58 valence electrons. The maximum Gasteiger partial charge on any atom is 0.0843 e. The molecule has 2 heterocycles. The smallest absolute Gasteiger partial charge is 0.0843 e. The van der Waals surface area contributed by atoms with Crippen LogP contribution in [0.25, 0.3) is 5.70 Å². The molecule has 1 aliphatic heterocycles. The molecule has 3 nitrogen and oxygen atoms in total. The third-order valence-electron chi connectivity index (χ3n) is 1.65. The standard InChI is InChI=1S/C7H9N3S/c1-5-2-9-10-7(5)6-3-11-4-8-6/h2-3,8H,4H2,1H3,(H,9,10). The van der Waals surface area contributed by atoms with Crippen LogP contribution in [0.5, 0.6) is 0 Å². The molecular formula is C7H9N3S. The fourth-order valence-corrected chi connectivity index (χ4v) is 1.74. The van der Waals surface area contributed by atoms with Gasteiger partial charge in [-0.05, 0) is 17.9 Å². The summed E-state index contributed by atoms with van der Waals surface area (Å²) in [4.78, 5) is 0. The molecule has 0 radical (unpaired) electrons. The van der Waals surface area contributed by atoms with Gasteiger partial charge in [0.15, 0.2) is 0 Å². The van der Waals surface area contributed by atoms with Gasteiger partial charge in [-0.1, -0.05) is 0 Å². The van der Waals surface area contributed by atoms with E-state index in [0.717, 1.165) is 17.3 Å². The summed E-state index contributed by atoms with van der Waals surface area (Å²) in [6.07, 6.45) is 1.83. The maximum atomic E-state index is 3.95. The van der Waals surface area contributed by atoms with E-state index in [1.54, 1.807) is 11.8 Å². The highest BCUT2D eigenvalue weighted by Crippen LogP contribution is 2.21. The van der Waals surface area contributed by atoms with Crippen LogP contribution in [0.3, 0.4) is 0 Å². The van der Waals surface area contributed by atoms with Crippen LogP contribution in [0.4, 0.5) is 0 Å². The van der Waals surface area contributed by atoms with E-state index in [9.17, 15) is 0 Å². The third-order valence-corrected chi connectivity index (χ3v) is 2.36. The molecule has 2 rings (SSSR count). The van der Waals surface area contributed by atoms with Gasteiger partial charge >= 0.3 is 0 Å². The second kappa shape index (κ2) is 2.62. The maximum absolute atomic E-state index is 3.95. The molecule has 0 saturated carbocycles. The van der Waals surface area contributed by atoms with Crippen molar-refractivity contribution in [2.75, 3.05) is 5.88 Å². The first kappa shape index (κ1) is 6.79. The zero-order valence-corrected chi connectivity index (χ0v) is 7.03. The minimum Gasteiger partial charge on any atom is -0.374 e. The summed E-state index contributed by atoms with van der Waals surface area (Å²) < 4.78 is 0. The highest BCUT2D eigenvalue weighted by molar-refractivity contribution is 8.02. The SMILES string of the molecule is Cc1cn[nH]c1C1=CSCN1. The van der Waals surface area contributed by atoms with Gasteiger partial charge < -0.3 is 5.32 Å². The molecule has 0 unspecified atom stereocenters. The third kappa shape index (κ3) is 1.14. The number of hydrogen-bond donors (Lipinski definition) is 2. The van der Waals surface area contributed by atoms with Gasteiger partial charge in [0.05, 0.1) is 23.5 Å². The van der Waals surface area contributed by atoms with Crippen LogP contribution in [-0.4, -0.2) is 16.1 Å². The molecule has 1 aromatic heterocycles. The van der Waals surface area contributed by atoms with Crippen LogP contribution in [0.1, 0.15) is 11.3 Å². The van der Waals surface area contributed by atoms with Crippen molar-refractivity contribution in [3.63, 3.8) is 0 Å². The van der Waals surface area contributed by atoms with Crippen LogP contribution in [0, 0.1) is 6.92 Å². The zero-order chi connectivity index (χ0) is 7.68. The first-order valence-electron chi connectivity index (χ1n) is 3.44. The topological polar surface area (TPSA) is 40.7 Å². The predicted molar refractivity (Wildman–Crippen MR) is 46.9 cm³/mol. The summed E-state index contributed by atoms with van der Waals surface area (Å²) in [5, 5.41) is 12.3. The Kier molecular flexibility index (Phi) is 1.62. The molecule has 0 saturated heterocycles. The molecular weight excluding hydrogens is 158 g/mol. The van der Waals surface area contributed by atoms with E-state index in [2.05, 4.69) is 20.9 Å². The van der Waals surface area contributed by atoms with Gasteiger partial charge in [-0.3, -0.25) is 5.10 Å². The van der Waals surface area contributed by atoms with Crippen LogP contribution in [-0.2, 0) is 0 Å². The number of aromatic nitrogens is 2. The lowest BCUT2D eigenvalue weighted by molar-refractivity contribution is 1.03. The monoisotopic (exact) mass is 167 g/mol. The summed E-state index contributed by atoms with van der Waals surface area (Å²) in [5.41, 5.74) is 3.45. The highest BCUT2D eigenvalue weighted by Gasteiger charge is 2.09. The number of aryl methyl sites for hydroxylation is 1. The number of nitrogens with zero attached hydrogens (tertiary/aromatic N) is 1. The van der Waals surface area contributed by atoms with Gasteiger partial charge in [0, 0.05) is 0 Å². The van der Waals surface area contributed by atoms with E-state index in [4.69, 9.17) is 0 Å². The molecule has 1 aromatic rings. The molecule has 11 heavy (non-hydrogen) atoms. The fraction of sp³-hybridized carbons (Fsp3) is 0.286. The van der Waals surface area contributed by atoms with Crippen molar-refractivity contribution < 1.29 is 0 Å². The lowest BCUT2D eigenvalue weighted by atomic mass is 10.2. The average molecular weight is 167 g/mol. The summed E-state index contributed by atoms with van der Waals surface area (Å²) in [6.45, 7) is 2.05. The molecule has 1 aliphatic rings. The van der Waals surface area contributed by atoms with Gasteiger partial charge in [-0.25, -0.2) is 0 Å². The Balaban J connectivity index is 2.35. The average Bonchev–Trinajstić information content (AvgIpc) is 2.55. The predicted octanol–water partition coefficient (Wildman–Crippen LogP) is 1.31. The van der Waals surface area contributed by atoms with Gasteiger partial charge in [-0.15, -0.1) is 11.8 Å². The number of thioether (sulfide) groups is 1. The second-order valence-corrected chi connectivity index (χ2v) is 3.31. The minimum absolute atomic E-state index is 0.966. The Bertz CT molecular complexity index is 290. The Labute approximate surface area is 69.3 Å². The molecule has 0 atom stereocenters. The molecule has 0 aromatic carbocycles. The highest BCUT2D eigenvalue weighted by atomic mass is 32.2.